The van der Waals surface area contributed by atoms with Gasteiger partial charge in [-0.1, -0.05) is 0 Å². The summed E-state index contributed by atoms with van der Waals surface area (Å²) in [6.07, 6.45) is 0.217. The van der Waals surface area contributed by atoms with E-state index in [1.807, 2.05) is 0 Å². The summed E-state index contributed by atoms with van der Waals surface area (Å²) < 4.78 is 8.41. The fraction of sp³-hybridized carbons (Fsp3) is 0.600. The molecule has 0 aromatic carbocycles. The van der Waals surface area contributed by atoms with Crippen molar-refractivity contribution in [1.82, 2.24) is 15.5 Å². The second-order valence-electron chi connectivity index (χ2n) is 2.64. The number of rotatable bonds is 0. The Morgan fingerprint density at radius 3 is 1.70 bits per heavy atom. The minimum atomic E-state index is -0.681. The summed E-state index contributed by atoms with van der Waals surface area (Å²) in [6, 6.07) is -0.494. The first-order valence-electron chi connectivity index (χ1n) is 5.11. The van der Waals surface area contributed by atoms with Crippen LogP contribution in [0.4, 0.5) is 14.4 Å². The topological polar surface area (TPSA) is 126 Å². The molecular formula is C10H20N4O6. The van der Waals surface area contributed by atoms with E-state index in [2.05, 4.69) is 25.1 Å². The molecule has 0 bridgehead atoms. The summed E-state index contributed by atoms with van der Waals surface area (Å²) in [7, 11) is 8.17. The predicted molar refractivity (Wildman–Crippen MR) is 70.1 cm³/mol. The van der Waals surface area contributed by atoms with Crippen LogP contribution in [0, 0.1) is 0 Å². The summed E-state index contributed by atoms with van der Waals surface area (Å²) in [5.74, 6) is 0. The first-order valence-corrected chi connectivity index (χ1v) is 5.11. The Morgan fingerprint density at radius 2 is 1.55 bits per heavy atom. The lowest BCUT2D eigenvalue weighted by Crippen LogP contribution is -2.39. The molecule has 2 N–H and O–H groups in total. The summed E-state index contributed by atoms with van der Waals surface area (Å²) >= 11 is 0. The number of nitrogens with one attached hydrogen (secondary N) is 2. The van der Waals surface area contributed by atoms with E-state index in [1.54, 1.807) is 0 Å². The maximum Gasteiger partial charge on any atom is 0.417 e. The maximum atomic E-state index is 10.6. The zero-order chi connectivity index (χ0) is 16.6. The highest BCUT2D eigenvalue weighted by atomic mass is 16.5. The molecule has 0 fully saturated rings. The quantitative estimate of drug-likeness (QED) is 0.476. The number of isocyanates is 1. The van der Waals surface area contributed by atoms with Crippen molar-refractivity contribution < 1.29 is 28.7 Å². The first kappa shape index (κ1) is 22.6. The van der Waals surface area contributed by atoms with Crippen molar-refractivity contribution in [2.45, 2.75) is 0 Å². The van der Waals surface area contributed by atoms with Crippen LogP contribution in [0.5, 0.6) is 0 Å². The second kappa shape index (κ2) is 16.4. The smallest absolute Gasteiger partial charge is 0.417 e. The van der Waals surface area contributed by atoms with Gasteiger partial charge in [0.05, 0.1) is 14.2 Å². The number of nitrogens with zero attached hydrogens (tertiary/aromatic N) is 2. The molecule has 0 aliphatic rings. The maximum absolute atomic E-state index is 10.6. The molecule has 10 heteroatoms. The first-order chi connectivity index (χ1) is 9.35. The highest BCUT2D eigenvalue weighted by Gasteiger charge is 2.14. The van der Waals surface area contributed by atoms with Crippen LogP contribution in [0.1, 0.15) is 0 Å². The van der Waals surface area contributed by atoms with Crippen molar-refractivity contribution in [3.8, 4) is 0 Å². The van der Waals surface area contributed by atoms with Gasteiger partial charge in [0.25, 0.3) is 0 Å². The van der Waals surface area contributed by atoms with E-state index >= 15 is 0 Å². The Hall–Kier alpha value is -2.61. The Kier molecular flexibility index (Phi) is 18.5. The molecule has 116 valence electrons. The molecule has 0 saturated heterocycles. The van der Waals surface area contributed by atoms with E-state index in [0.717, 1.165) is 4.90 Å². The predicted octanol–water partition coefficient (Wildman–Crippen LogP) is -0.0518. The second-order valence-corrected chi connectivity index (χ2v) is 2.64. The van der Waals surface area contributed by atoms with Crippen molar-refractivity contribution in [1.29, 1.82) is 0 Å². The number of carbonyl (C=O) groups excluding carboxylic acids is 4. The average Bonchev–Trinajstić information content (AvgIpc) is 2.52. The largest absolute Gasteiger partial charge is 0.453 e. The van der Waals surface area contributed by atoms with Crippen molar-refractivity contribution >= 4 is 24.3 Å². The normalized spacial score (nSPS) is 7.10. The average molecular weight is 292 g/mol. The van der Waals surface area contributed by atoms with Crippen molar-refractivity contribution in [3.05, 3.63) is 0 Å². The number of hydrogen-bond acceptors (Lipinski definition) is 7. The lowest BCUT2D eigenvalue weighted by Gasteiger charge is -2.11. The number of ether oxygens (including phenoxy) is 2. The van der Waals surface area contributed by atoms with Crippen LogP contribution in [0.2, 0.25) is 0 Å². The van der Waals surface area contributed by atoms with Gasteiger partial charge in [-0.2, -0.15) is 0 Å². The molecule has 0 radical (unpaired) electrons. The SMILES string of the molecule is CN=C=O.CNC(=O)N(C)C(=O)OC.CNC(=O)OC. The van der Waals surface area contributed by atoms with Gasteiger partial charge in [0.2, 0.25) is 6.08 Å². The molecule has 0 spiro atoms. The third kappa shape index (κ3) is 15.4. The molecular weight excluding hydrogens is 272 g/mol. The molecule has 0 saturated carbocycles. The highest BCUT2D eigenvalue weighted by Crippen LogP contribution is 1.87. The number of hydrogen-bond donors (Lipinski definition) is 2. The van der Waals surface area contributed by atoms with E-state index < -0.39 is 18.2 Å². The van der Waals surface area contributed by atoms with Gasteiger partial charge in [-0.25, -0.2) is 29.1 Å². The number of amides is 4. The molecule has 0 aromatic rings. The van der Waals surface area contributed by atoms with Gasteiger partial charge in [0.15, 0.2) is 0 Å². The third-order valence-electron chi connectivity index (χ3n) is 1.45. The minimum Gasteiger partial charge on any atom is -0.453 e. The summed E-state index contributed by atoms with van der Waals surface area (Å²) in [6.45, 7) is 0. The van der Waals surface area contributed by atoms with E-state index in [0.29, 0.717) is 0 Å². The van der Waals surface area contributed by atoms with Crippen LogP contribution in [-0.4, -0.2) is 71.6 Å². The molecule has 0 unspecified atom stereocenters. The van der Waals surface area contributed by atoms with Gasteiger partial charge in [-0.05, 0) is 0 Å². The van der Waals surface area contributed by atoms with Crippen LogP contribution in [0.3, 0.4) is 0 Å². The fourth-order valence-corrected chi connectivity index (χ4v) is 0.490. The van der Waals surface area contributed by atoms with Crippen molar-refractivity contribution in [2.75, 3.05) is 42.4 Å². The number of urea groups is 1. The Balaban J connectivity index is -0.000000246. The Bertz CT molecular complexity index is 319. The van der Waals surface area contributed by atoms with Crippen LogP contribution >= 0.6 is 0 Å². The van der Waals surface area contributed by atoms with E-state index in [4.69, 9.17) is 4.79 Å². The van der Waals surface area contributed by atoms with Gasteiger partial charge in [-0.3, -0.25) is 0 Å². The van der Waals surface area contributed by atoms with Gasteiger partial charge in [0.1, 0.15) is 0 Å². The zero-order valence-corrected chi connectivity index (χ0v) is 12.3. The van der Waals surface area contributed by atoms with Crippen LogP contribution < -0.4 is 10.6 Å². The van der Waals surface area contributed by atoms with Crippen LogP contribution in [0.25, 0.3) is 0 Å². The van der Waals surface area contributed by atoms with Gasteiger partial charge >= 0.3 is 18.2 Å². The zero-order valence-electron chi connectivity index (χ0n) is 12.3. The number of imide groups is 1. The summed E-state index contributed by atoms with van der Waals surface area (Å²) in [4.78, 5) is 43.7. The van der Waals surface area contributed by atoms with E-state index in [1.165, 1.54) is 48.5 Å². The van der Waals surface area contributed by atoms with Crippen molar-refractivity contribution in [2.24, 2.45) is 4.99 Å². The molecule has 0 aromatic heterocycles. The fourth-order valence-electron chi connectivity index (χ4n) is 0.490. The van der Waals surface area contributed by atoms with E-state index in [9.17, 15) is 14.4 Å². The van der Waals surface area contributed by atoms with Crippen LogP contribution in [-0.2, 0) is 14.3 Å². The molecule has 0 rings (SSSR count). The molecule has 20 heavy (non-hydrogen) atoms. The Labute approximate surface area is 117 Å². The van der Waals surface area contributed by atoms with Gasteiger partial charge < -0.3 is 20.1 Å². The van der Waals surface area contributed by atoms with Gasteiger partial charge in [-0.15, -0.1) is 0 Å². The number of alkyl carbamates (subject to hydrolysis) is 1. The number of aliphatic imine (C=N–C) groups is 1. The third-order valence-corrected chi connectivity index (χ3v) is 1.45. The molecule has 0 atom stereocenters. The van der Waals surface area contributed by atoms with Crippen LogP contribution in [0.15, 0.2) is 4.99 Å². The molecule has 10 nitrogen and oxygen atoms in total. The Morgan fingerprint density at radius 1 is 1.10 bits per heavy atom. The monoisotopic (exact) mass is 292 g/mol. The van der Waals surface area contributed by atoms with E-state index in [-0.39, 0.29) is 0 Å². The summed E-state index contributed by atoms with van der Waals surface area (Å²) in [5, 5.41) is 4.52. The summed E-state index contributed by atoms with van der Waals surface area (Å²) in [5.41, 5.74) is 0. The molecule has 0 aliphatic carbocycles. The lowest BCUT2D eigenvalue weighted by atomic mass is 10.8. The van der Waals surface area contributed by atoms with Gasteiger partial charge in [0, 0.05) is 28.2 Å². The lowest BCUT2D eigenvalue weighted by molar-refractivity contribution is 0.137. The highest BCUT2D eigenvalue weighted by molar-refractivity contribution is 5.90. The standard InChI is InChI=1S/C5H10N2O3.C3H7NO2.C2H3NO/c1-6-4(8)7(2)5(9)10-3;1-4-3(5)6-2;1-3-2-4/h1-3H3,(H,6,8);1-2H3,(H,4,5);1H3. The number of carbonyl (C=O) groups is 3. The number of methoxy groups -OCH3 is 2. The molecule has 0 aliphatic heterocycles. The van der Waals surface area contributed by atoms with Crippen molar-refractivity contribution in [3.63, 3.8) is 0 Å². The molecule has 4 amide bonds. The minimum absolute atomic E-state index is 0.407. The molecule has 0 heterocycles.